The Hall–Kier alpha value is -1.40. The fourth-order valence-electron chi connectivity index (χ4n) is 4.16. The molecule has 0 bridgehead atoms. The second kappa shape index (κ2) is 7.01. The van der Waals surface area contributed by atoms with Crippen molar-refractivity contribution in [2.24, 2.45) is 5.41 Å². The van der Waals surface area contributed by atoms with Crippen LogP contribution < -0.4 is 5.32 Å². The van der Waals surface area contributed by atoms with Crippen LogP contribution in [0.5, 0.6) is 0 Å². The number of carbonyl (C=O) groups excluding carboxylic acids is 1. The molecule has 0 aliphatic carbocycles. The van der Waals surface area contributed by atoms with Gasteiger partial charge in [0.2, 0.25) is 5.91 Å². The van der Waals surface area contributed by atoms with Crippen LogP contribution >= 0.6 is 0 Å². The highest BCUT2D eigenvalue weighted by molar-refractivity contribution is 5.82. The molecule has 0 radical (unpaired) electrons. The van der Waals surface area contributed by atoms with Gasteiger partial charge in [-0.15, -0.1) is 0 Å². The summed E-state index contributed by atoms with van der Waals surface area (Å²) in [6, 6.07) is 1.97. The number of piperidine rings is 1. The number of likely N-dealkylation sites (tertiary alicyclic amines) is 1. The summed E-state index contributed by atoms with van der Waals surface area (Å²) in [6.07, 6.45) is 7.14. The number of hydrogen-bond acceptors (Lipinski definition) is 4. The van der Waals surface area contributed by atoms with E-state index in [2.05, 4.69) is 29.3 Å². The number of aromatic nitrogens is 2. The van der Waals surface area contributed by atoms with Crippen molar-refractivity contribution in [2.45, 2.75) is 38.8 Å². The van der Waals surface area contributed by atoms with Gasteiger partial charge in [-0.3, -0.25) is 14.4 Å². The van der Waals surface area contributed by atoms with Crippen LogP contribution in [0.3, 0.4) is 0 Å². The van der Waals surface area contributed by atoms with Crippen LogP contribution in [0.25, 0.3) is 0 Å². The topological polar surface area (TPSA) is 53.4 Å². The van der Waals surface area contributed by atoms with E-state index in [1.165, 1.54) is 12.8 Å². The Morgan fingerprint density at radius 3 is 2.87 bits per heavy atom. The Morgan fingerprint density at radius 2 is 2.22 bits per heavy atom. The molecule has 2 aliphatic heterocycles. The predicted octanol–water partition coefficient (Wildman–Crippen LogP) is 0.806. The van der Waals surface area contributed by atoms with Gasteiger partial charge < -0.3 is 10.2 Å². The van der Waals surface area contributed by atoms with Crippen LogP contribution in [0.15, 0.2) is 18.5 Å². The summed E-state index contributed by atoms with van der Waals surface area (Å²) in [6.45, 7) is 7.56. The minimum absolute atomic E-state index is 0.0469. The number of nitrogens with one attached hydrogen (secondary N) is 1. The summed E-state index contributed by atoms with van der Waals surface area (Å²) in [4.78, 5) is 17.3. The molecule has 1 aromatic rings. The van der Waals surface area contributed by atoms with Crippen LogP contribution in [0.4, 0.5) is 0 Å². The van der Waals surface area contributed by atoms with Gasteiger partial charge in [0.1, 0.15) is 0 Å². The molecule has 3 heterocycles. The SMILES string of the molecule is CCN(CCn1cccn1)C(=O)[C@@H]1CC2(CCNCC2)CN1C. The smallest absolute Gasteiger partial charge is 0.239 e. The van der Waals surface area contributed by atoms with E-state index in [4.69, 9.17) is 0 Å². The van der Waals surface area contributed by atoms with Gasteiger partial charge in [-0.05, 0) is 57.8 Å². The fraction of sp³-hybridized carbons (Fsp3) is 0.765. The predicted molar refractivity (Wildman–Crippen MR) is 90.1 cm³/mol. The van der Waals surface area contributed by atoms with E-state index in [9.17, 15) is 4.79 Å². The van der Waals surface area contributed by atoms with Crippen LogP contribution in [-0.2, 0) is 11.3 Å². The lowest BCUT2D eigenvalue weighted by molar-refractivity contribution is -0.135. The Kier molecular flexibility index (Phi) is 5.02. The van der Waals surface area contributed by atoms with Crippen LogP contribution in [0.1, 0.15) is 26.2 Å². The quantitative estimate of drug-likeness (QED) is 0.872. The number of hydrogen-bond donors (Lipinski definition) is 1. The first-order valence-electron chi connectivity index (χ1n) is 8.81. The van der Waals surface area contributed by atoms with Gasteiger partial charge in [-0.1, -0.05) is 0 Å². The van der Waals surface area contributed by atoms with Crippen molar-refractivity contribution in [1.82, 2.24) is 24.9 Å². The van der Waals surface area contributed by atoms with Crippen LogP contribution in [0, 0.1) is 5.41 Å². The van der Waals surface area contributed by atoms with Gasteiger partial charge in [0.25, 0.3) is 0 Å². The maximum atomic E-state index is 13.0. The highest BCUT2D eigenvalue weighted by Gasteiger charge is 2.46. The molecule has 0 unspecified atom stereocenters. The largest absolute Gasteiger partial charge is 0.340 e. The maximum Gasteiger partial charge on any atom is 0.239 e. The molecule has 1 amide bonds. The summed E-state index contributed by atoms with van der Waals surface area (Å²) in [7, 11) is 2.11. The summed E-state index contributed by atoms with van der Waals surface area (Å²) in [5.41, 5.74) is 0.349. The zero-order valence-corrected chi connectivity index (χ0v) is 14.4. The third kappa shape index (κ3) is 3.58. The van der Waals surface area contributed by atoms with Crippen molar-refractivity contribution in [2.75, 3.05) is 39.8 Å². The number of carbonyl (C=O) groups is 1. The van der Waals surface area contributed by atoms with Crippen molar-refractivity contribution in [1.29, 1.82) is 0 Å². The summed E-state index contributed by atoms with van der Waals surface area (Å²) in [5.74, 6) is 0.289. The first-order valence-corrected chi connectivity index (χ1v) is 8.81. The van der Waals surface area contributed by atoms with E-state index in [0.717, 1.165) is 45.7 Å². The summed E-state index contributed by atoms with van der Waals surface area (Å²) < 4.78 is 1.89. The van der Waals surface area contributed by atoms with E-state index in [0.29, 0.717) is 5.41 Å². The standard InChI is InChI=1S/C17H29N5O/c1-3-21(11-12-22-10-4-7-19-22)16(23)15-13-17(14-20(15)2)5-8-18-9-6-17/h4,7,10,15,18H,3,5-6,8-9,11-14H2,1-2H3/t15-/m0/s1. The molecule has 1 spiro atoms. The first kappa shape index (κ1) is 16.5. The molecular formula is C17H29N5O. The van der Waals surface area contributed by atoms with E-state index in [-0.39, 0.29) is 11.9 Å². The molecule has 2 aliphatic rings. The van der Waals surface area contributed by atoms with Gasteiger partial charge >= 0.3 is 0 Å². The lowest BCUT2D eigenvalue weighted by Crippen LogP contribution is -2.45. The number of likely N-dealkylation sites (N-methyl/N-ethyl adjacent to an activating group) is 2. The molecule has 6 nitrogen and oxygen atoms in total. The molecule has 128 valence electrons. The van der Waals surface area contributed by atoms with Crippen molar-refractivity contribution >= 4 is 5.91 Å². The lowest BCUT2D eigenvalue weighted by atomic mass is 9.77. The zero-order valence-electron chi connectivity index (χ0n) is 14.4. The molecule has 2 fully saturated rings. The van der Waals surface area contributed by atoms with Crippen molar-refractivity contribution < 1.29 is 4.79 Å². The van der Waals surface area contributed by atoms with Crippen molar-refractivity contribution in [3.05, 3.63) is 18.5 Å². The average molecular weight is 319 g/mol. The molecule has 1 aromatic heterocycles. The van der Waals surface area contributed by atoms with E-state index in [1.54, 1.807) is 6.20 Å². The minimum Gasteiger partial charge on any atom is -0.340 e. The molecule has 0 aromatic carbocycles. The molecule has 2 saturated heterocycles. The summed E-state index contributed by atoms with van der Waals surface area (Å²) >= 11 is 0. The fourth-order valence-corrected chi connectivity index (χ4v) is 4.16. The minimum atomic E-state index is 0.0469. The molecule has 1 atom stereocenters. The van der Waals surface area contributed by atoms with Gasteiger partial charge in [-0.2, -0.15) is 5.10 Å². The molecular weight excluding hydrogens is 290 g/mol. The Bertz CT molecular complexity index is 509. The lowest BCUT2D eigenvalue weighted by Gasteiger charge is -2.33. The van der Waals surface area contributed by atoms with Crippen molar-refractivity contribution in [3.63, 3.8) is 0 Å². The second-order valence-electron chi connectivity index (χ2n) is 7.07. The molecule has 6 heteroatoms. The number of rotatable bonds is 5. The Morgan fingerprint density at radius 1 is 1.43 bits per heavy atom. The maximum absolute atomic E-state index is 13.0. The summed E-state index contributed by atoms with van der Waals surface area (Å²) in [5, 5.41) is 7.67. The second-order valence-corrected chi connectivity index (χ2v) is 7.07. The van der Waals surface area contributed by atoms with Crippen LogP contribution in [-0.4, -0.2) is 71.3 Å². The molecule has 0 saturated carbocycles. The highest BCUT2D eigenvalue weighted by Crippen LogP contribution is 2.41. The molecule has 3 rings (SSSR count). The third-order valence-corrected chi connectivity index (χ3v) is 5.54. The van der Waals surface area contributed by atoms with Crippen molar-refractivity contribution in [3.8, 4) is 0 Å². The number of amides is 1. The highest BCUT2D eigenvalue weighted by atomic mass is 16.2. The molecule has 23 heavy (non-hydrogen) atoms. The van der Waals surface area contributed by atoms with Gasteiger partial charge in [0.15, 0.2) is 0 Å². The first-order chi connectivity index (χ1) is 11.1. The van der Waals surface area contributed by atoms with E-state index in [1.807, 2.05) is 21.8 Å². The normalized spacial score (nSPS) is 24.2. The third-order valence-electron chi connectivity index (χ3n) is 5.54. The van der Waals surface area contributed by atoms with E-state index < -0.39 is 0 Å². The van der Waals surface area contributed by atoms with Crippen LogP contribution in [0.2, 0.25) is 0 Å². The van der Waals surface area contributed by atoms with E-state index >= 15 is 0 Å². The van der Waals surface area contributed by atoms with Gasteiger partial charge in [0.05, 0.1) is 12.6 Å². The van der Waals surface area contributed by atoms with Gasteiger partial charge in [0, 0.05) is 32.0 Å². The van der Waals surface area contributed by atoms with Gasteiger partial charge in [-0.25, -0.2) is 0 Å². The molecule has 1 N–H and O–H groups in total. The number of nitrogens with zero attached hydrogens (tertiary/aromatic N) is 4. The zero-order chi connectivity index (χ0) is 16.3. The Balaban J connectivity index is 1.61. The Labute approximate surface area is 138 Å². The monoisotopic (exact) mass is 319 g/mol. The average Bonchev–Trinajstić information content (AvgIpc) is 3.17.